The molecule has 0 amide bonds. The van der Waals surface area contributed by atoms with E-state index in [0.29, 0.717) is 6.04 Å². The van der Waals surface area contributed by atoms with Crippen LogP contribution in [0.15, 0.2) is 29.5 Å². The van der Waals surface area contributed by atoms with Gasteiger partial charge >= 0.3 is 29.6 Å². The van der Waals surface area contributed by atoms with E-state index in [1.807, 2.05) is 23.7 Å². The number of aliphatic imine (C=N–C) groups is 1. The maximum absolute atomic E-state index is 4.65. The molecule has 3 atom stereocenters. The van der Waals surface area contributed by atoms with Gasteiger partial charge in [-0.2, -0.15) is 10.2 Å². The molecule has 0 bridgehead atoms. The summed E-state index contributed by atoms with van der Waals surface area (Å²) in [5, 5.41) is 20.1. The number of thiophene rings is 2. The van der Waals surface area contributed by atoms with Crippen LogP contribution in [0.3, 0.4) is 0 Å². The third-order valence-corrected chi connectivity index (χ3v) is 8.31. The van der Waals surface area contributed by atoms with E-state index in [1.165, 1.54) is 50.3 Å². The summed E-state index contributed by atoms with van der Waals surface area (Å²) < 4.78 is 0. The molecule has 0 aromatic carbocycles. The molecule has 4 aromatic rings. The van der Waals surface area contributed by atoms with Crippen molar-refractivity contribution >= 4 is 57.2 Å². The van der Waals surface area contributed by atoms with Crippen molar-refractivity contribution in [3.05, 3.63) is 34.3 Å². The molecule has 6 heterocycles. The van der Waals surface area contributed by atoms with Crippen molar-refractivity contribution in [3.8, 4) is 0 Å². The molecular formula is C22H29BN6NaS2. The van der Waals surface area contributed by atoms with Gasteiger partial charge in [0.1, 0.15) is 9.66 Å². The van der Waals surface area contributed by atoms with Gasteiger partial charge in [-0.15, -0.1) is 22.7 Å². The summed E-state index contributed by atoms with van der Waals surface area (Å²) in [5.74, 6) is 1.58. The molecule has 2 aliphatic heterocycles. The van der Waals surface area contributed by atoms with Gasteiger partial charge in [0.05, 0.1) is 23.0 Å². The van der Waals surface area contributed by atoms with Crippen LogP contribution in [0.25, 0.3) is 20.4 Å². The van der Waals surface area contributed by atoms with Crippen LogP contribution in [-0.4, -0.2) is 47.6 Å². The van der Waals surface area contributed by atoms with Gasteiger partial charge in [0, 0.05) is 36.6 Å². The van der Waals surface area contributed by atoms with Crippen molar-refractivity contribution in [2.24, 2.45) is 16.8 Å². The molecule has 10 heteroatoms. The minimum atomic E-state index is 0. The number of piperidine rings is 1. The Morgan fingerprint density at radius 3 is 2.25 bits per heavy atom. The number of aromatic nitrogens is 4. The zero-order chi connectivity index (χ0) is 20.5. The minimum Gasteiger partial charge on any atom is -1.00 e. The first-order valence-electron chi connectivity index (χ1n) is 10.8. The Morgan fingerprint density at radius 2 is 1.66 bits per heavy atom. The van der Waals surface area contributed by atoms with Crippen molar-refractivity contribution in [1.82, 2.24) is 25.7 Å². The van der Waals surface area contributed by atoms with Crippen LogP contribution in [0.2, 0.25) is 0 Å². The Balaban J connectivity index is 0.000000214. The van der Waals surface area contributed by atoms with E-state index in [1.54, 1.807) is 11.3 Å². The molecule has 1 unspecified atom stereocenters. The van der Waals surface area contributed by atoms with Crippen LogP contribution >= 0.6 is 22.7 Å². The predicted octanol–water partition coefficient (Wildman–Crippen LogP) is 2.26. The topological polar surface area (TPSA) is 81.8 Å². The third kappa shape index (κ3) is 5.74. The maximum atomic E-state index is 4.65. The fourth-order valence-electron chi connectivity index (χ4n) is 4.09. The van der Waals surface area contributed by atoms with Crippen molar-refractivity contribution in [1.29, 1.82) is 0 Å². The Bertz CT molecular complexity index is 1100. The summed E-state index contributed by atoms with van der Waals surface area (Å²) in [6.07, 6.45) is 8.77. The van der Waals surface area contributed by atoms with Gasteiger partial charge in [-0.3, -0.25) is 15.2 Å². The average molecular weight is 475 g/mol. The van der Waals surface area contributed by atoms with E-state index in [2.05, 4.69) is 56.7 Å². The second kappa shape index (κ2) is 11.4. The summed E-state index contributed by atoms with van der Waals surface area (Å²) in [6, 6.07) is 5.02. The van der Waals surface area contributed by atoms with Gasteiger partial charge in [-0.05, 0) is 56.2 Å². The summed E-state index contributed by atoms with van der Waals surface area (Å²) in [5.41, 5.74) is 1.28. The molecule has 4 aromatic heterocycles. The van der Waals surface area contributed by atoms with Gasteiger partial charge in [0.15, 0.2) is 0 Å². The molecule has 3 N–H and O–H groups in total. The second-order valence-corrected chi connectivity index (χ2v) is 10.8. The molecule has 0 spiro atoms. The van der Waals surface area contributed by atoms with Crippen LogP contribution in [-0.2, 0) is 0 Å². The average Bonchev–Trinajstić information content (AvgIpc) is 3.50. The van der Waals surface area contributed by atoms with Gasteiger partial charge < -0.3 is 6.74 Å². The quantitative estimate of drug-likeness (QED) is 0.389. The van der Waals surface area contributed by atoms with Gasteiger partial charge in [0.25, 0.3) is 0 Å². The van der Waals surface area contributed by atoms with Crippen molar-refractivity contribution in [3.63, 3.8) is 0 Å². The first kappa shape index (κ1) is 25.7. The standard InChI is InChI=1S/C11H15N3S.C11H13N3S.B.Na.H/c2*1-7-2-3-9(12-5-7)10-4-8-6-13-14-11(8)15-10;;;/h4,6-7,9,12H,2-3,5H2,1H3,(H,13,14);4,6-7H,2-3,5H2,1H3,(H,13,14);;;/q;;;+1;-1/t7-,9+;;;;/m0..../s1. The fourth-order valence-corrected chi connectivity index (χ4v) is 6.20. The summed E-state index contributed by atoms with van der Waals surface area (Å²) in [7, 11) is 0. The molecule has 163 valence electrons. The Morgan fingerprint density at radius 1 is 0.938 bits per heavy atom. The number of H-pyrrole nitrogens is 2. The summed E-state index contributed by atoms with van der Waals surface area (Å²) in [4.78, 5) is 9.77. The van der Waals surface area contributed by atoms with Crippen LogP contribution in [0.5, 0.6) is 0 Å². The van der Waals surface area contributed by atoms with Crippen LogP contribution in [0, 0.1) is 11.8 Å². The molecule has 6 rings (SSSR count). The van der Waals surface area contributed by atoms with E-state index in [-0.39, 0.29) is 39.4 Å². The molecule has 0 aliphatic carbocycles. The fraction of sp³-hybridized carbons (Fsp3) is 0.500. The Kier molecular flexibility index (Phi) is 9.18. The number of rotatable bonds is 2. The van der Waals surface area contributed by atoms with Crippen LogP contribution in [0.1, 0.15) is 56.8 Å². The third-order valence-electron chi connectivity index (χ3n) is 6.04. The van der Waals surface area contributed by atoms with Crippen molar-refractivity contribution in [2.45, 2.75) is 45.6 Å². The van der Waals surface area contributed by atoms with Gasteiger partial charge in [-0.25, -0.2) is 0 Å². The van der Waals surface area contributed by atoms with Gasteiger partial charge in [-0.1, -0.05) is 13.8 Å². The molecule has 32 heavy (non-hydrogen) atoms. The molecular weight excluding hydrogens is 446 g/mol. The normalized spacial score (nSPS) is 23.1. The van der Waals surface area contributed by atoms with E-state index in [4.69, 9.17) is 0 Å². The Labute approximate surface area is 222 Å². The predicted molar refractivity (Wildman–Crippen MR) is 134 cm³/mol. The smallest absolute Gasteiger partial charge is 1.00 e. The monoisotopic (exact) mass is 475 g/mol. The van der Waals surface area contributed by atoms with E-state index >= 15 is 0 Å². The van der Waals surface area contributed by atoms with Crippen LogP contribution in [0.4, 0.5) is 0 Å². The zero-order valence-corrected chi connectivity index (χ0v) is 22.7. The van der Waals surface area contributed by atoms with Gasteiger partial charge in [0.2, 0.25) is 0 Å². The summed E-state index contributed by atoms with van der Waals surface area (Å²) >= 11 is 3.59. The SMILES string of the molecule is CC1CCC(c2cc3cn[nH]c3s2)=NC1.C[C@H]1CC[C@H](c2cc3cn[nH]c3s2)NC1.[B].[H-].[Na+]. The first-order chi connectivity index (χ1) is 14.7. The van der Waals surface area contributed by atoms with E-state index in [9.17, 15) is 0 Å². The minimum absolute atomic E-state index is 0. The second-order valence-electron chi connectivity index (χ2n) is 8.64. The Hall–Kier alpha value is -0.965. The molecule has 0 saturated carbocycles. The molecule has 6 nitrogen and oxygen atoms in total. The number of nitrogens with one attached hydrogen (secondary N) is 3. The first-order valence-corrected chi connectivity index (χ1v) is 12.4. The number of aromatic amines is 2. The number of hydrogen-bond donors (Lipinski definition) is 3. The number of nitrogens with zero attached hydrogens (tertiary/aromatic N) is 3. The molecule has 1 fully saturated rings. The zero-order valence-electron chi connectivity index (χ0n) is 20.0. The molecule has 2 aliphatic rings. The van der Waals surface area contributed by atoms with E-state index < -0.39 is 0 Å². The van der Waals surface area contributed by atoms with E-state index in [0.717, 1.165) is 36.2 Å². The number of hydrogen-bond acceptors (Lipinski definition) is 6. The van der Waals surface area contributed by atoms with Crippen molar-refractivity contribution < 1.29 is 31.0 Å². The number of fused-ring (bicyclic) bond motifs is 2. The molecule has 3 radical (unpaired) electrons. The molecule has 1 saturated heterocycles. The van der Waals surface area contributed by atoms with Crippen LogP contribution < -0.4 is 34.9 Å². The largest absolute Gasteiger partial charge is 1.00 e. The maximum Gasteiger partial charge on any atom is 1.00 e. The summed E-state index contributed by atoms with van der Waals surface area (Å²) in [6.45, 7) is 6.71. The van der Waals surface area contributed by atoms with Crippen molar-refractivity contribution in [2.75, 3.05) is 13.1 Å².